The predicted molar refractivity (Wildman–Crippen MR) is 89.9 cm³/mol. The molecule has 0 radical (unpaired) electrons. The maximum atomic E-state index is 4.56. The van der Waals surface area contributed by atoms with E-state index in [0.717, 1.165) is 27.3 Å². The van der Waals surface area contributed by atoms with Crippen molar-refractivity contribution in [2.24, 2.45) is 0 Å². The second kappa shape index (κ2) is 4.21. The van der Waals surface area contributed by atoms with Crippen LogP contribution in [0.4, 0.5) is 0 Å². The largest absolute Gasteiger partial charge is 0.254 e. The molecule has 0 N–H and O–H groups in total. The standard InChI is InChI=1S/C19H11N3/c1-2-5-13-12(4-1)7-8-15-16(13)14-6-3-9-20-17(14)19-18(15)21-10-11-22-19/h1-11H. The smallest absolute Gasteiger partial charge is 0.116 e. The van der Waals surface area contributed by atoms with Gasteiger partial charge < -0.3 is 0 Å². The molecule has 0 aliphatic rings. The molecule has 3 heteroatoms. The van der Waals surface area contributed by atoms with Crippen LogP contribution in [0.15, 0.2) is 67.1 Å². The first-order chi connectivity index (χ1) is 10.9. The average Bonchev–Trinajstić information content (AvgIpc) is 2.61. The van der Waals surface area contributed by atoms with Crippen molar-refractivity contribution in [3.8, 4) is 0 Å². The minimum atomic E-state index is 0.862. The van der Waals surface area contributed by atoms with E-state index in [1.807, 2.05) is 12.3 Å². The summed E-state index contributed by atoms with van der Waals surface area (Å²) < 4.78 is 0. The Kier molecular flexibility index (Phi) is 2.22. The van der Waals surface area contributed by atoms with Crippen molar-refractivity contribution in [3.05, 3.63) is 67.1 Å². The number of fused-ring (bicyclic) bond motifs is 8. The zero-order valence-electron chi connectivity index (χ0n) is 11.7. The fourth-order valence-corrected chi connectivity index (χ4v) is 3.26. The maximum absolute atomic E-state index is 4.56. The van der Waals surface area contributed by atoms with Crippen LogP contribution in [0.2, 0.25) is 0 Å². The van der Waals surface area contributed by atoms with Gasteiger partial charge in [-0.25, -0.2) is 0 Å². The summed E-state index contributed by atoms with van der Waals surface area (Å²) in [6.07, 6.45) is 5.28. The number of hydrogen-bond acceptors (Lipinski definition) is 3. The second-order valence-electron chi connectivity index (χ2n) is 5.36. The number of pyridine rings is 1. The van der Waals surface area contributed by atoms with Gasteiger partial charge in [0.25, 0.3) is 0 Å². The molecule has 0 aliphatic carbocycles. The number of hydrogen-bond donors (Lipinski definition) is 0. The van der Waals surface area contributed by atoms with E-state index in [0.29, 0.717) is 0 Å². The van der Waals surface area contributed by atoms with Crippen LogP contribution in [0.5, 0.6) is 0 Å². The Morgan fingerprint density at radius 1 is 0.500 bits per heavy atom. The van der Waals surface area contributed by atoms with Crippen molar-refractivity contribution >= 4 is 43.5 Å². The van der Waals surface area contributed by atoms with Gasteiger partial charge in [-0.1, -0.05) is 42.5 Å². The van der Waals surface area contributed by atoms with Gasteiger partial charge in [-0.05, 0) is 16.8 Å². The van der Waals surface area contributed by atoms with Gasteiger partial charge in [0.1, 0.15) is 5.52 Å². The summed E-state index contributed by atoms with van der Waals surface area (Å²) in [6, 6.07) is 16.8. The number of nitrogens with zero attached hydrogens (tertiary/aromatic N) is 3. The highest BCUT2D eigenvalue weighted by atomic mass is 14.8. The third kappa shape index (κ3) is 1.42. The van der Waals surface area contributed by atoms with Crippen molar-refractivity contribution in [2.75, 3.05) is 0 Å². The molecule has 0 spiro atoms. The van der Waals surface area contributed by atoms with Gasteiger partial charge in [-0.3, -0.25) is 15.0 Å². The Balaban J connectivity index is 2.24. The van der Waals surface area contributed by atoms with Gasteiger partial charge in [0, 0.05) is 34.7 Å². The first-order valence-corrected chi connectivity index (χ1v) is 7.22. The third-order valence-corrected chi connectivity index (χ3v) is 4.18. The molecule has 0 saturated carbocycles. The summed E-state index contributed by atoms with van der Waals surface area (Å²) in [6.45, 7) is 0. The third-order valence-electron chi connectivity index (χ3n) is 4.18. The Bertz CT molecular complexity index is 1140. The average molecular weight is 281 g/mol. The fourth-order valence-electron chi connectivity index (χ4n) is 3.26. The van der Waals surface area contributed by atoms with Crippen molar-refractivity contribution in [1.29, 1.82) is 0 Å². The normalized spacial score (nSPS) is 11.6. The molecule has 22 heavy (non-hydrogen) atoms. The molecule has 2 aromatic heterocycles. The highest BCUT2D eigenvalue weighted by Gasteiger charge is 2.12. The topological polar surface area (TPSA) is 38.7 Å². The van der Waals surface area contributed by atoms with E-state index in [4.69, 9.17) is 0 Å². The van der Waals surface area contributed by atoms with Gasteiger partial charge in [-0.2, -0.15) is 0 Å². The lowest BCUT2D eigenvalue weighted by Crippen LogP contribution is -1.90. The van der Waals surface area contributed by atoms with Crippen LogP contribution >= 0.6 is 0 Å². The molecule has 5 rings (SSSR count). The van der Waals surface area contributed by atoms with Crippen LogP contribution in [-0.4, -0.2) is 15.0 Å². The van der Waals surface area contributed by atoms with Crippen LogP contribution in [-0.2, 0) is 0 Å². The van der Waals surface area contributed by atoms with Gasteiger partial charge in [0.2, 0.25) is 0 Å². The minimum absolute atomic E-state index is 0.862. The molecule has 0 bridgehead atoms. The molecule has 5 aromatic rings. The molecule has 0 amide bonds. The zero-order chi connectivity index (χ0) is 14.5. The van der Waals surface area contributed by atoms with Gasteiger partial charge >= 0.3 is 0 Å². The summed E-state index contributed by atoms with van der Waals surface area (Å²) >= 11 is 0. The molecule has 3 aromatic carbocycles. The molecule has 0 unspecified atom stereocenters. The van der Waals surface area contributed by atoms with Gasteiger partial charge in [-0.15, -0.1) is 0 Å². The van der Waals surface area contributed by atoms with Crippen molar-refractivity contribution in [1.82, 2.24) is 15.0 Å². The number of rotatable bonds is 0. The predicted octanol–water partition coefficient (Wildman–Crippen LogP) is 4.48. The van der Waals surface area contributed by atoms with Crippen LogP contribution < -0.4 is 0 Å². The molecule has 0 fully saturated rings. The molecule has 0 atom stereocenters. The van der Waals surface area contributed by atoms with Gasteiger partial charge in [0.15, 0.2) is 0 Å². The first-order valence-electron chi connectivity index (χ1n) is 7.22. The van der Waals surface area contributed by atoms with Crippen molar-refractivity contribution in [2.45, 2.75) is 0 Å². The van der Waals surface area contributed by atoms with E-state index in [1.165, 1.54) is 16.2 Å². The Hall–Kier alpha value is -3.07. The molecular formula is C19H11N3. The lowest BCUT2D eigenvalue weighted by Gasteiger charge is -2.10. The Labute approximate surface area is 126 Å². The van der Waals surface area contributed by atoms with E-state index >= 15 is 0 Å². The summed E-state index contributed by atoms with van der Waals surface area (Å²) in [5.74, 6) is 0. The second-order valence-corrected chi connectivity index (χ2v) is 5.36. The lowest BCUT2D eigenvalue weighted by atomic mass is 9.97. The summed E-state index contributed by atoms with van der Waals surface area (Å²) in [5.41, 5.74) is 2.68. The van der Waals surface area contributed by atoms with E-state index in [1.54, 1.807) is 12.4 Å². The Morgan fingerprint density at radius 2 is 1.18 bits per heavy atom. The van der Waals surface area contributed by atoms with E-state index in [9.17, 15) is 0 Å². The van der Waals surface area contributed by atoms with Crippen molar-refractivity contribution < 1.29 is 0 Å². The monoisotopic (exact) mass is 281 g/mol. The molecular weight excluding hydrogens is 270 g/mol. The molecule has 0 aliphatic heterocycles. The highest BCUT2D eigenvalue weighted by molar-refractivity contribution is 6.28. The van der Waals surface area contributed by atoms with Crippen LogP contribution in [0.25, 0.3) is 43.5 Å². The van der Waals surface area contributed by atoms with Gasteiger partial charge in [0.05, 0.1) is 11.0 Å². The van der Waals surface area contributed by atoms with E-state index in [2.05, 4.69) is 57.4 Å². The lowest BCUT2D eigenvalue weighted by molar-refractivity contribution is 1.30. The van der Waals surface area contributed by atoms with E-state index < -0.39 is 0 Å². The van der Waals surface area contributed by atoms with Crippen LogP contribution in [0, 0.1) is 0 Å². The molecule has 102 valence electrons. The Morgan fingerprint density at radius 3 is 2.09 bits per heavy atom. The summed E-state index contributed by atoms with van der Waals surface area (Å²) in [4.78, 5) is 13.6. The summed E-state index contributed by atoms with van der Waals surface area (Å²) in [5, 5.41) is 5.91. The summed E-state index contributed by atoms with van der Waals surface area (Å²) in [7, 11) is 0. The molecule has 2 heterocycles. The SMILES string of the molecule is c1ccc2c(c1)ccc1c3nccnc3c3ncccc3c21. The fraction of sp³-hybridized carbons (Fsp3) is 0. The maximum Gasteiger partial charge on any atom is 0.116 e. The number of aromatic nitrogens is 3. The van der Waals surface area contributed by atoms with E-state index in [-0.39, 0.29) is 0 Å². The zero-order valence-corrected chi connectivity index (χ0v) is 11.7. The van der Waals surface area contributed by atoms with Crippen LogP contribution in [0.3, 0.4) is 0 Å². The van der Waals surface area contributed by atoms with Crippen LogP contribution in [0.1, 0.15) is 0 Å². The molecule has 0 saturated heterocycles. The highest BCUT2D eigenvalue weighted by Crippen LogP contribution is 2.35. The molecule has 3 nitrogen and oxygen atoms in total. The number of benzene rings is 3. The van der Waals surface area contributed by atoms with Crippen molar-refractivity contribution in [3.63, 3.8) is 0 Å². The quantitative estimate of drug-likeness (QED) is 0.393. The minimum Gasteiger partial charge on any atom is -0.254 e. The first kappa shape index (κ1) is 11.6.